The molecule has 0 saturated carbocycles. The molecule has 0 N–H and O–H groups in total. The summed E-state index contributed by atoms with van der Waals surface area (Å²) >= 11 is 12.1. The Bertz CT molecular complexity index is 327. The van der Waals surface area contributed by atoms with Gasteiger partial charge in [0.15, 0.2) is 0 Å². The summed E-state index contributed by atoms with van der Waals surface area (Å²) in [6, 6.07) is 8.05. The molecule has 82 valence electrons. The van der Waals surface area contributed by atoms with Gasteiger partial charge in [0.1, 0.15) is 0 Å². The summed E-state index contributed by atoms with van der Waals surface area (Å²) in [5.74, 6) is 0. The fraction of sp³-hybridized carbons (Fsp3) is 0.500. The van der Waals surface area contributed by atoms with Gasteiger partial charge in [-0.3, -0.25) is 4.90 Å². The first-order chi connectivity index (χ1) is 7.24. The van der Waals surface area contributed by atoms with E-state index in [1.54, 1.807) is 0 Å². The van der Waals surface area contributed by atoms with Gasteiger partial charge in [0.05, 0.1) is 0 Å². The van der Waals surface area contributed by atoms with E-state index in [1.165, 1.54) is 12.0 Å². The van der Waals surface area contributed by atoms with Crippen molar-refractivity contribution in [2.45, 2.75) is 24.8 Å². The predicted molar refractivity (Wildman–Crippen MR) is 65.6 cm³/mol. The largest absolute Gasteiger partial charge is 0.298 e. The lowest BCUT2D eigenvalue weighted by atomic mass is 10.1. The topological polar surface area (TPSA) is 3.24 Å². The molecule has 1 aromatic carbocycles. The third-order valence-corrected chi connectivity index (χ3v) is 3.33. The molecule has 0 aliphatic carbocycles. The smallest absolute Gasteiger partial charge is 0.0463 e. The number of alkyl halides is 1. The molecule has 1 atom stereocenters. The highest BCUT2D eigenvalue weighted by Crippen LogP contribution is 2.18. The van der Waals surface area contributed by atoms with Crippen LogP contribution < -0.4 is 0 Å². The second-order valence-electron chi connectivity index (χ2n) is 4.10. The van der Waals surface area contributed by atoms with Gasteiger partial charge in [-0.15, -0.1) is 11.6 Å². The van der Waals surface area contributed by atoms with Gasteiger partial charge in [-0.25, -0.2) is 0 Å². The highest BCUT2D eigenvalue weighted by molar-refractivity contribution is 6.30. The minimum atomic E-state index is 0.318. The molecule has 1 aromatic rings. The molecule has 0 spiro atoms. The summed E-state index contributed by atoms with van der Waals surface area (Å²) in [6.45, 7) is 3.10. The second kappa shape index (κ2) is 5.20. The standard InChI is InChI=1S/C12H15Cl2N/c13-11-4-1-3-10(7-11)8-15-6-2-5-12(14)9-15/h1,3-4,7,12H,2,5-6,8-9H2. The van der Waals surface area contributed by atoms with Crippen LogP contribution in [0.4, 0.5) is 0 Å². The molecular formula is C12H15Cl2N. The van der Waals surface area contributed by atoms with E-state index in [-0.39, 0.29) is 0 Å². The van der Waals surface area contributed by atoms with Crippen molar-refractivity contribution in [2.75, 3.05) is 13.1 Å². The van der Waals surface area contributed by atoms with Crippen LogP contribution in [-0.4, -0.2) is 23.4 Å². The minimum absolute atomic E-state index is 0.318. The van der Waals surface area contributed by atoms with Crippen molar-refractivity contribution in [2.24, 2.45) is 0 Å². The molecule has 1 fully saturated rings. The summed E-state index contributed by atoms with van der Waals surface area (Å²) in [5.41, 5.74) is 1.27. The van der Waals surface area contributed by atoms with Gasteiger partial charge in [0, 0.05) is 23.5 Å². The zero-order valence-electron chi connectivity index (χ0n) is 8.63. The normalized spacial score (nSPS) is 22.9. The first-order valence-electron chi connectivity index (χ1n) is 5.35. The fourth-order valence-corrected chi connectivity index (χ4v) is 2.60. The van der Waals surface area contributed by atoms with E-state index in [0.717, 1.165) is 31.1 Å². The van der Waals surface area contributed by atoms with E-state index in [4.69, 9.17) is 23.2 Å². The highest BCUT2D eigenvalue weighted by atomic mass is 35.5. The van der Waals surface area contributed by atoms with Crippen LogP contribution >= 0.6 is 23.2 Å². The Hall–Kier alpha value is -0.240. The quantitative estimate of drug-likeness (QED) is 0.719. The molecular weight excluding hydrogens is 229 g/mol. The molecule has 15 heavy (non-hydrogen) atoms. The third kappa shape index (κ3) is 3.37. The lowest BCUT2D eigenvalue weighted by Gasteiger charge is -2.29. The van der Waals surface area contributed by atoms with Crippen LogP contribution in [0.25, 0.3) is 0 Å². The predicted octanol–water partition coefficient (Wildman–Crippen LogP) is 3.54. The Morgan fingerprint density at radius 3 is 3.00 bits per heavy atom. The SMILES string of the molecule is Clc1cccc(CN2CCCC(Cl)C2)c1. The highest BCUT2D eigenvalue weighted by Gasteiger charge is 2.17. The van der Waals surface area contributed by atoms with Crippen LogP contribution in [-0.2, 0) is 6.54 Å². The van der Waals surface area contributed by atoms with Crippen molar-refractivity contribution < 1.29 is 0 Å². The summed E-state index contributed by atoms with van der Waals surface area (Å²) in [4.78, 5) is 2.40. The lowest BCUT2D eigenvalue weighted by Crippen LogP contribution is -2.35. The maximum Gasteiger partial charge on any atom is 0.0463 e. The summed E-state index contributed by atoms with van der Waals surface area (Å²) in [6.07, 6.45) is 2.35. The average Bonchev–Trinajstić information content (AvgIpc) is 2.17. The Morgan fingerprint density at radius 1 is 1.40 bits per heavy atom. The molecule has 0 aromatic heterocycles. The number of nitrogens with zero attached hydrogens (tertiary/aromatic N) is 1. The van der Waals surface area contributed by atoms with E-state index in [9.17, 15) is 0 Å². The molecule has 0 bridgehead atoms. The number of benzene rings is 1. The monoisotopic (exact) mass is 243 g/mol. The lowest BCUT2D eigenvalue weighted by molar-refractivity contribution is 0.224. The number of piperidine rings is 1. The van der Waals surface area contributed by atoms with Crippen LogP contribution in [0.2, 0.25) is 5.02 Å². The first kappa shape index (κ1) is 11.3. The van der Waals surface area contributed by atoms with Gasteiger partial charge in [0.25, 0.3) is 0 Å². The summed E-state index contributed by atoms with van der Waals surface area (Å²) in [7, 11) is 0. The number of halogens is 2. The number of rotatable bonds is 2. The Morgan fingerprint density at radius 2 is 2.27 bits per heavy atom. The van der Waals surface area contributed by atoms with Gasteiger partial charge >= 0.3 is 0 Å². The van der Waals surface area contributed by atoms with Gasteiger partial charge in [-0.05, 0) is 37.1 Å². The van der Waals surface area contributed by atoms with Crippen LogP contribution in [0.3, 0.4) is 0 Å². The van der Waals surface area contributed by atoms with E-state index in [0.29, 0.717) is 5.38 Å². The molecule has 2 rings (SSSR count). The number of likely N-dealkylation sites (tertiary alicyclic amines) is 1. The zero-order valence-corrected chi connectivity index (χ0v) is 10.1. The number of hydrogen-bond acceptors (Lipinski definition) is 1. The van der Waals surface area contributed by atoms with E-state index < -0.39 is 0 Å². The van der Waals surface area contributed by atoms with Gasteiger partial charge in [0.2, 0.25) is 0 Å². The van der Waals surface area contributed by atoms with Crippen LogP contribution in [0, 0.1) is 0 Å². The Kier molecular flexibility index (Phi) is 3.90. The van der Waals surface area contributed by atoms with Crippen molar-refractivity contribution in [1.82, 2.24) is 4.90 Å². The summed E-state index contributed by atoms with van der Waals surface area (Å²) < 4.78 is 0. The molecule has 3 heteroatoms. The maximum atomic E-state index is 6.14. The Balaban J connectivity index is 1.96. The average molecular weight is 244 g/mol. The van der Waals surface area contributed by atoms with Crippen molar-refractivity contribution in [1.29, 1.82) is 0 Å². The number of hydrogen-bond donors (Lipinski definition) is 0. The third-order valence-electron chi connectivity index (χ3n) is 2.74. The zero-order chi connectivity index (χ0) is 10.7. The van der Waals surface area contributed by atoms with Crippen LogP contribution in [0.1, 0.15) is 18.4 Å². The second-order valence-corrected chi connectivity index (χ2v) is 5.16. The molecule has 1 nitrogen and oxygen atoms in total. The summed E-state index contributed by atoms with van der Waals surface area (Å²) in [5, 5.41) is 1.13. The minimum Gasteiger partial charge on any atom is -0.298 e. The Labute approximate surface area is 101 Å². The van der Waals surface area contributed by atoms with E-state index in [1.807, 2.05) is 18.2 Å². The van der Waals surface area contributed by atoms with Crippen LogP contribution in [0.15, 0.2) is 24.3 Å². The van der Waals surface area contributed by atoms with Crippen molar-refractivity contribution >= 4 is 23.2 Å². The first-order valence-corrected chi connectivity index (χ1v) is 6.16. The van der Waals surface area contributed by atoms with E-state index >= 15 is 0 Å². The molecule has 1 aliphatic rings. The van der Waals surface area contributed by atoms with Crippen molar-refractivity contribution in [3.8, 4) is 0 Å². The van der Waals surface area contributed by atoms with Gasteiger partial charge in [-0.2, -0.15) is 0 Å². The maximum absolute atomic E-state index is 6.14. The molecule has 1 unspecified atom stereocenters. The van der Waals surface area contributed by atoms with E-state index in [2.05, 4.69) is 11.0 Å². The van der Waals surface area contributed by atoms with Gasteiger partial charge in [-0.1, -0.05) is 23.7 Å². The molecule has 1 saturated heterocycles. The molecule has 1 aliphatic heterocycles. The molecule has 0 radical (unpaired) electrons. The molecule has 1 heterocycles. The fourth-order valence-electron chi connectivity index (χ4n) is 2.04. The van der Waals surface area contributed by atoms with Crippen molar-refractivity contribution in [3.05, 3.63) is 34.9 Å². The van der Waals surface area contributed by atoms with Crippen molar-refractivity contribution in [3.63, 3.8) is 0 Å². The van der Waals surface area contributed by atoms with Gasteiger partial charge < -0.3 is 0 Å². The van der Waals surface area contributed by atoms with Crippen LogP contribution in [0.5, 0.6) is 0 Å². The molecule has 0 amide bonds.